The Hall–Kier alpha value is -2.58. The Morgan fingerprint density at radius 1 is 1.04 bits per heavy atom. The van der Waals surface area contributed by atoms with Crippen LogP contribution in [0.25, 0.3) is 22.5 Å². The molecule has 0 aliphatic carbocycles. The summed E-state index contributed by atoms with van der Waals surface area (Å²) in [5, 5.41) is -2.03. The van der Waals surface area contributed by atoms with Crippen molar-refractivity contribution in [2.75, 3.05) is 0 Å². The van der Waals surface area contributed by atoms with Gasteiger partial charge in [-0.1, -0.05) is 5.24 Å². The average molecular weight is 340 g/mol. The summed E-state index contributed by atoms with van der Waals surface area (Å²) >= 11 is 0. The van der Waals surface area contributed by atoms with Gasteiger partial charge in [0.05, 0.1) is 29.2 Å². The van der Waals surface area contributed by atoms with Crippen LogP contribution in [-0.2, 0) is 5.24 Å². The van der Waals surface area contributed by atoms with Crippen molar-refractivity contribution < 1.29 is 22.3 Å². The molecule has 0 bridgehead atoms. The molecule has 3 aromatic rings. The first-order chi connectivity index (χ1) is 11.5. The second-order valence-corrected chi connectivity index (χ2v) is 5.18. The highest BCUT2D eigenvalue weighted by atomic mass is 19.4. The first kappa shape index (κ1) is 17.3. The lowest BCUT2D eigenvalue weighted by Gasteiger charge is -2.20. The van der Waals surface area contributed by atoms with Crippen molar-refractivity contribution in [3.8, 4) is 17.0 Å². The number of rotatable bonds is 3. The van der Waals surface area contributed by atoms with Gasteiger partial charge in [-0.2, -0.15) is 0 Å². The second kappa shape index (κ2) is 5.75. The number of ether oxygens (including phenoxy) is 1. The van der Waals surface area contributed by atoms with E-state index in [1.54, 1.807) is 0 Å². The van der Waals surface area contributed by atoms with Crippen LogP contribution in [-0.4, -0.2) is 39.5 Å². The molecule has 0 saturated carbocycles. The lowest BCUT2D eigenvalue weighted by Crippen LogP contribution is -2.41. The molecule has 6 radical (unpaired) electrons. The van der Waals surface area contributed by atoms with Gasteiger partial charge in [-0.05, 0) is 36.4 Å². The molecule has 0 aliphatic heterocycles. The smallest absolute Gasteiger partial charge is 0.406 e. The van der Waals surface area contributed by atoms with E-state index in [2.05, 4.69) is 9.72 Å². The third kappa shape index (κ3) is 3.59. The van der Waals surface area contributed by atoms with E-state index >= 15 is 0 Å². The molecule has 2 aromatic heterocycles. The Bertz CT molecular complexity index is 975. The van der Waals surface area contributed by atoms with E-state index in [0.29, 0.717) is 11.3 Å². The summed E-state index contributed by atoms with van der Waals surface area (Å²) in [4.78, 5) is 16.0. The molecular weight excluding hydrogens is 334 g/mol. The molecule has 0 aliphatic rings. The molecular formula is C14H6B3F3N2O3. The van der Waals surface area contributed by atoms with Gasteiger partial charge < -0.3 is 9.15 Å². The van der Waals surface area contributed by atoms with Gasteiger partial charge in [-0.3, -0.25) is 4.57 Å². The van der Waals surface area contributed by atoms with Crippen molar-refractivity contribution in [1.29, 1.82) is 0 Å². The van der Waals surface area contributed by atoms with Crippen LogP contribution in [0.2, 0.25) is 0 Å². The van der Waals surface area contributed by atoms with Gasteiger partial charge in [0.15, 0.2) is 11.2 Å². The van der Waals surface area contributed by atoms with Crippen molar-refractivity contribution in [3.63, 3.8) is 0 Å². The number of alkyl halides is 3. The Kier molecular flexibility index (Phi) is 3.97. The first-order valence-corrected chi connectivity index (χ1v) is 6.80. The molecule has 0 unspecified atom stereocenters. The largest absolute Gasteiger partial charge is 0.573 e. The van der Waals surface area contributed by atoms with Gasteiger partial charge in [-0.25, -0.2) is 9.78 Å². The van der Waals surface area contributed by atoms with Gasteiger partial charge >= 0.3 is 12.1 Å². The molecule has 11 heteroatoms. The van der Waals surface area contributed by atoms with E-state index in [1.165, 1.54) is 24.3 Å². The highest BCUT2D eigenvalue weighted by molar-refractivity contribution is 6.56. The number of hydrogen-bond acceptors (Lipinski definition) is 4. The molecule has 0 amide bonds. The molecule has 0 fully saturated rings. The Balaban J connectivity index is 2.03. The number of nitrogens with zero attached hydrogens (tertiary/aromatic N) is 2. The van der Waals surface area contributed by atoms with Crippen LogP contribution in [0.4, 0.5) is 13.2 Å². The van der Waals surface area contributed by atoms with Crippen molar-refractivity contribution >= 4 is 34.8 Å². The van der Waals surface area contributed by atoms with Gasteiger partial charge in [0, 0.05) is 5.56 Å². The first-order valence-electron chi connectivity index (χ1n) is 6.80. The zero-order valence-corrected chi connectivity index (χ0v) is 12.4. The topological polar surface area (TPSA) is 57.3 Å². The van der Waals surface area contributed by atoms with E-state index in [0.717, 1.165) is 16.7 Å². The number of halogens is 3. The fourth-order valence-electron chi connectivity index (χ4n) is 2.23. The van der Waals surface area contributed by atoms with Gasteiger partial charge in [0.2, 0.25) is 0 Å². The van der Waals surface area contributed by atoms with E-state index in [-0.39, 0.29) is 17.0 Å². The van der Waals surface area contributed by atoms with Crippen LogP contribution in [0, 0.1) is 0 Å². The van der Waals surface area contributed by atoms with Crippen LogP contribution >= 0.6 is 0 Å². The SMILES string of the molecule is [B]C([B])([B])n1c(=O)oc2ccc(-c3ccc(OC(F)(F)F)cc3)nc21. The normalized spacial score (nSPS) is 12.4. The van der Waals surface area contributed by atoms with E-state index in [4.69, 9.17) is 28.0 Å². The second-order valence-electron chi connectivity index (χ2n) is 5.18. The molecule has 0 spiro atoms. The predicted octanol–water partition coefficient (Wildman–Crippen LogP) is 1.63. The van der Waals surface area contributed by atoms with E-state index in [9.17, 15) is 18.0 Å². The molecule has 1 aromatic carbocycles. The molecule has 0 saturated heterocycles. The molecule has 0 N–H and O–H groups in total. The predicted molar refractivity (Wildman–Crippen MR) is 85.6 cm³/mol. The fourth-order valence-corrected chi connectivity index (χ4v) is 2.23. The van der Waals surface area contributed by atoms with Crippen molar-refractivity contribution in [2.24, 2.45) is 0 Å². The minimum Gasteiger partial charge on any atom is -0.406 e. The van der Waals surface area contributed by atoms with Crippen LogP contribution in [0.5, 0.6) is 5.75 Å². The lowest BCUT2D eigenvalue weighted by atomic mass is 9.49. The van der Waals surface area contributed by atoms with Crippen LogP contribution in [0.3, 0.4) is 0 Å². The van der Waals surface area contributed by atoms with Gasteiger partial charge in [0.1, 0.15) is 5.75 Å². The zero-order chi connectivity index (χ0) is 18.4. The zero-order valence-electron chi connectivity index (χ0n) is 12.4. The van der Waals surface area contributed by atoms with Crippen LogP contribution in [0.15, 0.2) is 45.6 Å². The maximum Gasteiger partial charge on any atom is 0.573 e. The standard InChI is InChI=1S/C14H6B3F3N2O3/c15-13(16,17)22-11-10(24-12(22)23)6-5-9(21-11)7-1-3-8(4-2-7)25-14(18,19)20/h1-6H. The maximum absolute atomic E-state index is 12.2. The Morgan fingerprint density at radius 3 is 2.24 bits per heavy atom. The highest BCUT2D eigenvalue weighted by Crippen LogP contribution is 2.27. The quantitative estimate of drug-likeness (QED) is 0.681. The molecule has 25 heavy (non-hydrogen) atoms. The monoisotopic (exact) mass is 340 g/mol. The maximum atomic E-state index is 12.2. The molecule has 2 heterocycles. The lowest BCUT2D eigenvalue weighted by molar-refractivity contribution is -0.274. The van der Waals surface area contributed by atoms with Crippen molar-refractivity contribution in [1.82, 2.24) is 9.55 Å². The van der Waals surface area contributed by atoms with Crippen LogP contribution < -0.4 is 10.5 Å². The Labute approximate surface area is 143 Å². The van der Waals surface area contributed by atoms with Crippen LogP contribution in [0.1, 0.15) is 0 Å². The summed E-state index contributed by atoms with van der Waals surface area (Å²) in [5.74, 6) is -1.26. The molecule has 120 valence electrons. The van der Waals surface area contributed by atoms with E-state index in [1.807, 2.05) is 0 Å². The van der Waals surface area contributed by atoms with Crippen molar-refractivity contribution in [2.45, 2.75) is 11.6 Å². The van der Waals surface area contributed by atoms with Gasteiger partial charge in [0.25, 0.3) is 0 Å². The summed E-state index contributed by atoms with van der Waals surface area (Å²) in [6.07, 6.45) is -4.78. The number of fused-ring (bicyclic) bond motifs is 1. The number of oxazole rings is 1. The summed E-state index contributed by atoms with van der Waals surface area (Å²) in [7, 11) is 16.6. The number of aromatic nitrogens is 2. The molecule has 0 atom stereocenters. The van der Waals surface area contributed by atoms with E-state index < -0.39 is 17.4 Å². The number of benzene rings is 1. The minimum atomic E-state index is -4.78. The number of hydrogen-bond donors (Lipinski definition) is 0. The summed E-state index contributed by atoms with van der Waals surface area (Å²) < 4.78 is 46.1. The third-order valence-electron chi connectivity index (χ3n) is 3.20. The minimum absolute atomic E-state index is 0.00520. The summed E-state index contributed by atoms with van der Waals surface area (Å²) in [6, 6.07) is 7.98. The molecule has 3 rings (SSSR count). The third-order valence-corrected chi connectivity index (χ3v) is 3.20. The Morgan fingerprint density at radius 2 is 1.68 bits per heavy atom. The summed E-state index contributed by atoms with van der Waals surface area (Å²) in [5.41, 5.74) is 0.917. The summed E-state index contributed by atoms with van der Waals surface area (Å²) in [6.45, 7) is 0. The average Bonchev–Trinajstić information content (AvgIpc) is 2.81. The van der Waals surface area contributed by atoms with Crippen molar-refractivity contribution in [3.05, 3.63) is 46.9 Å². The highest BCUT2D eigenvalue weighted by Gasteiger charge is 2.31. The number of pyridine rings is 1. The fraction of sp³-hybridized carbons (Fsp3) is 0.143. The van der Waals surface area contributed by atoms with Gasteiger partial charge in [-0.15, -0.1) is 13.2 Å². The molecule has 5 nitrogen and oxygen atoms in total.